The molecule has 0 aliphatic carbocycles. The highest BCUT2D eigenvalue weighted by Gasteiger charge is 2.16. The summed E-state index contributed by atoms with van der Waals surface area (Å²) in [6, 6.07) is 15.5. The maximum atomic E-state index is 10.8. The van der Waals surface area contributed by atoms with Crippen LogP contribution >= 0.6 is 11.8 Å². The second kappa shape index (κ2) is 8.05. The van der Waals surface area contributed by atoms with E-state index in [2.05, 4.69) is 10.2 Å². The van der Waals surface area contributed by atoms with Gasteiger partial charge in [-0.05, 0) is 37.1 Å². The molecule has 3 aromatic rings. The highest BCUT2D eigenvalue weighted by molar-refractivity contribution is 7.99. The van der Waals surface area contributed by atoms with E-state index in [0.717, 1.165) is 34.3 Å². The first-order valence-corrected chi connectivity index (χ1v) is 9.06. The van der Waals surface area contributed by atoms with Gasteiger partial charge in [-0.25, -0.2) is 0 Å². The smallest absolute Gasteiger partial charge is 0.196 e. The number of carbonyl (C=O) groups excluding carboxylic acids is 1. The van der Waals surface area contributed by atoms with Gasteiger partial charge in [-0.3, -0.25) is 4.57 Å². The summed E-state index contributed by atoms with van der Waals surface area (Å²) in [7, 11) is 0. The molecular weight excluding hydrogens is 350 g/mol. The van der Waals surface area contributed by atoms with Crippen molar-refractivity contribution in [1.29, 1.82) is 0 Å². The van der Waals surface area contributed by atoms with Gasteiger partial charge < -0.3 is 14.6 Å². The van der Waals surface area contributed by atoms with E-state index in [4.69, 9.17) is 4.74 Å². The van der Waals surface area contributed by atoms with E-state index in [0.29, 0.717) is 11.0 Å². The lowest BCUT2D eigenvalue weighted by atomic mass is 10.1. The van der Waals surface area contributed by atoms with Gasteiger partial charge in [0.15, 0.2) is 11.0 Å². The predicted molar refractivity (Wildman–Crippen MR) is 97.3 cm³/mol. The maximum Gasteiger partial charge on any atom is 0.196 e. The largest absolute Gasteiger partial charge is 0.549 e. The van der Waals surface area contributed by atoms with Gasteiger partial charge in [-0.2, -0.15) is 0 Å². The van der Waals surface area contributed by atoms with Gasteiger partial charge in [0.2, 0.25) is 0 Å². The molecule has 7 heteroatoms. The van der Waals surface area contributed by atoms with Gasteiger partial charge >= 0.3 is 0 Å². The molecule has 0 radical (unpaired) electrons. The fraction of sp³-hybridized carbons (Fsp3) is 0.211. The molecule has 0 saturated heterocycles. The number of aryl methyl sites for hydroxylation is 2. The van der Waals surface area contributed by atoms with Crippen LogP contribution in [0.3, 0.4) is 0 Å². The van der Waals surface area contributed by atoms with Crippen molar-refractivity contribution in [2.24, 2.45) is 0 Å². The first kappa shape index (κ1) is 18.0. The van der Waals surface area contributed by atoms with Crippen LogP contribution in [0.1, 0.15) is 17.0 Å². The number of carboxylic acids is 1. The van der Waals surface area contributed by atoms with Crippen LogP contribution in [0.25, 0.3) is 5.69 Å². The number of thioether (sulfide) groups is 1. The van der Waals surface area contributed by atoms with E-state index >= 15 is 0 Å². The molecule has 6 nitrogen and oxygen atoms in total. The zero-order valence-corrected chi connectivity index (χ0v) is 15.3. The first-order chi connectivity index (χ1) is 12.6. The highest BCUT2D eigenvalue weighted by atomic mass is 32.2. The summed E-state index contributed by atoms with van der Waals surface area (Å²) in [6.45, 7) is 4.20. The summed E-state index contributed by atoms with van der Waals surface area (Å²) < 4.78 is 7.80. The van der Waals surface area contributed by atoms with Gasteiger partial charge in [0.1, 0.15) is 12.4 Å². The third kappa shape index (κ3) is 4.05. The lowest BCUT2D eigenvalue weighted by molar-refractivity contribution is -0.301. The van der Waals surface area contributed by atoms with Crippen LogP contribution < -0.4 is 9.84 Å². The van der Waals surface area contributed by atoms with Crippen LogP contribution in [0.5, 0.6) is 5.75 Å². The molecule has 0 aliphatic heterocycles. The third-order valence-electron chi connectivity index (χ3n) is 3.79. The van der Waals surface area contributed by atoms with Crippen LogP contribution in [0.4, 0.5) is 0 Å². The Kier molecular flexibility index (Phi) is 5.58. The predicted octanol–water partition coefficient (Wildman–Crippen LogP) is 2.31. The van der Waals surface area contributed by atoms with E-state index in [-0.39, 0.29) is 12.4 Å². The minimum Gasteiger partial charge on any atom is -0.549 e. The van der Waals surface area contributed by atoms with Crippen molar-refractivity contribution in [1.82, 2.24) is 14.8 Å². The second-order valence-electron chi connectivity index (χ2n) is 5.74. The Morgan fingerprint density at radius 1 is 1.08 bits per heavy atom. The third-order valence-corrected chi connectivity index (χ3v) is 4.69. The molecule has 26 heavy (non-hydrogen) atoms. The topological polar surface area (TPSA) is 80.1 Å². The average molecular weight is 368 g/mol. The van der Waals surface area contributed by atoms with Crippen LogP contribution in [0.2, 0.25) is 0 Å². The van der Waals surface area contributed by atoms with Crippen molar-refractivity contribution in [3.8, 4) is 11.4 Å². The first-order valence-electron chi connectivity index (χ1n) is 8.07. The number of hydrogen-bond acceptors (Lipinski definition) is 6. The van der Waals surface area contributed by atoms with Crippen molar-refractivity contribution >= 4 is 17.7 Å². The fourth-order valence-electron chi connectivity index (χ4n) is 2.61. The van der Waals surface area contributed by atoms with Crippen LogP contribution in [-0.2, 0) is 11.4 Å². The molecule has 0 atom stereocenters. The number of aliphatic carboxylic acids is 1. The summed E-state index contributed by atoms with van der Waals surface area (Å²) in [6.07, 6.45) is 0. The lowest BCUT2D eigenvalue weighted by Crippen LogP contribution is -2.24. The highest BCUT2D eigenvalue weighted by Crippen LogP contribution is 2.25. The zero-order chi connectivity index (χ0) is 18.5. The average Bonchev–Trinajstić information content (AvgIpc) is 3.03. The molecular formula is C19H18N3O3S-. The van der Waals surface area contributed by atoms with Crippen molar-refractivity contribution in [3.05, 3.63) is 65.5 Å². The van der Waals surface area contributed by atoms with Gasteiger partial charge in [0.25, 0.3) is 0 Å². The van der Waals surface area contributed by atoms with Gasteiger partial charge in [0, 0.05) is 11.4 Å². The van der Waals surface area contributed by atoms with Crippen LogP contribution in [0.15, 0.2) is 53.7 Å². The van der Waals surface area contributed by atoms with E-state index in [1.54, 1.807) is 4.57 Å². The standard InChI is InChI=1S/C19H19N3O3S/c1-13-7-6-8-14(2)18(13)25-11-16-20-21-19(26-12-17(23)24)22(16)15-9-4-3-5-10-15/h3-10H,11-12H2,1-2H3,(H,23,24)/p-1. The molecule has 2 aromatic carbocycles. The number of benzene rings is 2. The molecule has 0 unspecified atom stereocenters. The summed E-state index contributed by atoms with van der Waals surface area (Å²) >= 11 is 1.07. The van der Waals surface area contributed by atoms with Crippen molar-refractivity contribution < 1.29 is 14.6 Å². The molecule has 134 valence electrons. The minimum atomic E-state index is -1.15. The zero-order valence-electron chi connectivity index (χ0n) is 14.5. The SMILES string of the molecule is Cc1cccc(C)c1OCc1nnc(SCC(=O)[O-])n1-c1ccccc1. The molecule has 1 aromatic heterocycles. The summed E-state index contributed by atoms with van der Waals surface area (Å²) in [5.74, 6) is 0.0765. The molecule has 0 aliphatic rings. The Bertz CT molecular complexity index is 889. The van der Waals surface area contributed by atoms with E-state index in [9.17, 15) is 9.90 Å². The van der Waals surface area contributed by atoms with Crippen LogP contribution in [0, 0.1) is 13.8 Å². The minimum absolute atomic E-state index is 0.192. The van der Waals surface area contributed by atoms with Gasteiger partial charge in [0.05, 0.1) is 5.97 Å². The Labute approximate surface area is 155 Å². The molecule has 3 rings (SSSR count). The number of hydrogen-bond donors (Lipinski definition) is 0. The Balaban J connectivity index is 1.90. The van der Waals surface area contributed by atoms with Gasteiger partial charge in [-0.1, -0.05) is 48.2 Å². The number of nitrogens with zero attached hydrogens (tertiary/aromatic N) is 3. The van der Waals surface area contributed by atoms with Crippen molar-refractivity contribution in [2.75, 3.05) is 5.75 Å². The number of rotatable bonds is 7. The summed E-state index contributed by atoms with van der Waals surface area (Å²) in [5, 5.41) is 19.6. The number of para-hydroxylation sites is 2. The number of aromatic nitrogens is 3. The summed E-state index contributed by atoms with van der Waals surface area (Å²) in [4.78, 5) is 10.8. The van der Waals surface area contributed by atoms with Crippen LogP contribution in [-0.4, -0.2) is 26.5 Å². The number of carbonyl (C=O) groups is 1. The number of carboxylic acid groups (broad SMARTS) is 1. The quantitative estimate of drug-likeness (QED) is 0.596. The number of ether oxygens (including phenoxy) is 1. The molecule has 1 heterocycles. The Morgan fingerprint density at radius 3 is 2.42 bits per heavy atom. The normalized spacial score (nSPS) is 10.7. The molecule has 0 spiro atoms. The lowest BCUT2D eigenvalue weighted by Gasteiger charge is -2.13. The van der Waals surface area contributed by atoms with Gasteiger partial charge in [-0.15, -0.1) is 10.2 Å². The fourth-order valence-corrected chi connectivity index (χ4v) is 3.30. The molecule has 0 fully saturated rings. The molecule has 0 saturated carbocycles. The summed E-state index contributed by atoms with van der Waals surface area (Å²) in [5.41, 5.74) is 2.93. The Morgan fingerprint density at radius 2 is 1.77 bits per heavy atom. The van der Waals surface area contributed by atoms with Crippen molar-refractivity contribution in [2.45, 2.75) is 25.6 Å². The Hall–Kier alpha value is -2.80. The van der Waals surface area contributed by atoms with E-state index in [1.165, 1.54) is 0 Å². The van der Waals surface area contributed by atoms with E-state index < -0.39 is 5.97 Å². The second-order valence-corrected chi connectivity index (χ2v) is 6.68. The maximum absolute atomic E-state index is 10.8. The molecule has 0 amide bonds. The molecule has 0 bridgehead atoms. The van der Waals surface area contributed by atoms with Crippen molar-refractivity contribution in [3.63, 3.8) is 0 Å². The van der Waals surface area contributed by atoms with E-state index in [1.807, 2.05) is 62.4 Å². The molecule has 0 N–H and O–H groups in total. The monoisotopic (exact) mass is 368 g/mol.